The van der Waals surface area contributed by atoms with Crippen molar-refractivity contribution >= 4 is 12.1 Å². The molecular formula is C17H26N2O3. The highest BCUT2D eigenvalue weighted by atomic mass is 16.5. The molecule has 0 spiro atoms. The lowest BCUT2D eigenvalue weighted by Gasteiger charge is -2.29. The second-order valence-electron chi connectivity index (χ2n) is 6.83. The van der Waals surface area contributed by atoms with E-state index in [0.29, 0.717) is 30.9 Å². The Morgan fingerprint density at radius 2 is 1.77 bits per heavy atom. The van der Waals surface area contributed by atoms with Crippen molar-refractivity contribution in [2.24, 2.45) is 11.1 Å². The van der Waals surface area contributed by atoms with E-state index in [1.807, 2.05) is 27.7 Å². The van der Waals surface area contributed by atoms with Gasteiger partial charge in [0.05, 0.1) is 13.2 Å². The summed E-state index contributed by atoms with van der Waals surface area (Å²) in [6.45, 7) is 8.80. The zero-order valence-corrected chi connectivity index (χ0v) is 13.8. The molecule has 0 saturated carbocycles. The number of nitrogen functional groups attached to an aromatic ring is 1. The molecule has 5 heteroatoms. The minimum Gasteiger partial charge on any atom is -0.485 e. The summed E-state index contributed by atoms with van der Waals surface area (Å²) in [5, 5.41) is 7.36. The lowest BCUT2D eigenvalue weighted by molar-refractivity contribution is -0.110. The van der Waals surface area contributed by atoms with E-state index in [9.17, 15) is 4.79 Å². The fourth-order valence-corrected chi connectivity index (χ4v) is 1.91. The summed E-state index contributed by atoms with van der Waals surface area (Å²) < 4.78 is 11.6. The number of ether oxygens (including phenoxy) is 2. The average molecular weight is 306 g/mol. The van der Waals surface area contributed by atoms with Crippen molar-refractivity contribution in [3.63, 3.8) is 0 Å². The van der Waals surface area contributed by atoms with Crippen LogP contribution in [-0.2, 0) is 9.53 Å². The molecule has 0 aliphatic heterocycles. The molecule has 22 heavy (non-hydrogen) atoms. The van der Waals surface area contributed by atoms with E-state index in [-0.39, 0.29) is 11.3 Å². The van der Waals surface area contributed by atoms with Crippen LogP contribution < -0.4 is 10.5 Å². The molecule has 122 valence electrons. The van der Waals surface area contributed by atoms with Gasteiger partial charge in [0.1, 0.15) is 23.5 Å². The van der Waals surface area contributed by atoms with E-state index < -0.39 is 5.60 Å². The van der Waals surface area contributed by atoms with E-state index in [0.717, 1.165) is 6.29 Å². The smallest absolute Gasteiger partial charge is 0.127 e. The molecule has 0 unspecified atom stereocenters. The van der Waals surface area contributed by atoms with Crippen molar-refractivity contribution in [1.82, 2.24) is 0 Å². The van der Waals surface area contributed by atoms with Crippen molar-refractivity contribution in [3.05, 3.63) is 29.8 Å². The molecule has 1 aromatic rings. The number of hydrogen-bond acceptors (Lipinski definition) is 4. The molecule has 5 nitrogen and oxygen atoms in total. The number of rotatable bonds is 9. The maximum absolute atomic E-state index is 10.6. The average Bonchev–Trinajstić information content (AvgIpc) is 2.38. The van der Waals surface area contributed by atoms with Crippen molar-refractivity contribution in [3.8, 4) is 5.75 Å². The molecule has 0 heterocycles. The molecule has 0 saturated heterocycles. The van der Waals surface area contributed by atoms with Crippen LogP contribution in [0, 0.1) is 10.8 Å². The van der Waals surface area contributed by atoms with Gasteiger partial charge >= 0.3 is 0 Å². The normalized spacial score (nSPS) is 12.0. The standard InChI is InChI=1S/C17H26N2O3/c1-16(2,9-10-20)11-21-12-17(3,4)22-14-7-5-13(6-8-14)15(18)19/h5-8,10H,9,11-12H2,1-4H3,(H3,18,19). The third-order valence-corrected chi connectivity index (χ3v) is 3.14. The SMILES string of the molecule is CC(C)(CC=O)COCC(C)(C)Oc1ccc(C(=N)N)cc1. The monoisotopic (exact) mass is 306 g/mol. The van der Waals surface area contributed by atoms with Crippen LogP contribution in [0.1, 0.15) is 39.7 Å². The zero-order chi connectivity index (χ0) is 16.8. The Labute approximate surface area is 132 Å². The van der Waals surface area contributed by atoms with Gasteiger partial charge in [0.2, 0.25) is 0 Å². The van der Waals surface area contributed by atoms with Gasteiger partial charge in [0.15, 0.2) is 0 Å². The van der Waals surface area contributed by atoms with Crippen LogP contribution in [0.15, 0.2) is 24.3 Å². The van der Waals surface area contributed by atoms with Crippen LogP contribution in [0.2, 0.25) is 0 Å². The van der Waals surface area contributed by atoms with Crippen LogP contribution in [-0.4, -0.2) is 30.9 Å². The fraction of sp³-hybridized carbons (Fsp3) is 0.529. The third-order valence-electron chi connectivity index (χ3n) is 3.14. The van der Waals surface area contributed by atoms with E-state index in [2.05, 4.69) is 0 Å². The van der Waals surface area contributed by atoms with Gasteiger partial charge in [-0.15, -0.1) is 0 Å². The van der Waals surface area contributed by atoms with Crippen LogP contribution in [0.3, 0.4) is 0 Å². The molecule has 0 bridgehead atoms. The van der Waals surface area contributed by atoms with Crippen molar-refractivity contribution < 1.29 is 14.3 Å². The number of amidine groups is 1. The Morgan fingerprint density at radius 3 is 2.27 bits per heavy atom. The molecule has 1 aromatic carbocycles. The molecular weight excluding hydrogens is 280 g/mol. The third kappa shape index (κ3) is 6.26. The minimum atomic E-state index is -0.491. The first-order chi connectivity index (χ1) is 10.2. The minimum absolute atomic E-state index is 0.0338. The summed E-state index contributed by atoms with van der Waals surface area (Å²) in [4.78, 5) is 10.6. The molecule has 0 aliphatic rings. The summed E-state index contributed by atoms with van der Waals surface area (Å²) in [6.07, 6.45) is 1.39. The molecule has 1 rings (SSSR count). The Bertz CT molecular complexity index is 507. The number of aldehydes is 1. The summed E-state index contributed by atoms with van der Waals surface area (Å²) in [6, 6.07) is 7.08. The number of benzene rings is 1. The Hall–Kier alpha value is -1.88. The predicted octanol–water partition coefficient (Wildman–Crippen LogP) is 2.76. The quantitative estimate of drug-likeness (QED) is 0.417. The number of nitrogens with two attached hydrogens (primary N) is 1. The first-order valence-corrected chi connectivity index (χ1v) is 7.30. The lowest BCUT2D eigenvalue weighted by Crippen LogP contribution is -2.35. The number of carbonyl (C=O) groups is 1. The number of carbonyl (C=O) groups excluding carboxylic acids is 1. The Kier molecular flexibility index (Phi) is 6.11. The first kappa shape index (κ1) is 18.2. The second-order valence-corrected chi connectivity index (χ2v) is 6.83. The molecule has 0 fully saturated rings. The van der Waals surface area contributed by atoms with Gasteiger partial charge in [0.25, 0.3) is 0 Å². The first-order valence-electron chi connectivity index (χ1n) is 7.30. The van der Waals surface area contributed by atoms with Crippen LogP contribution in [0.25, 0.3) is 0 Å². The fourth-order valence-electron chi connectivity index (χ4n) is 1.91. The number of nitrogens with one attached hydrogen (secondary N) is 1. The Balaban J connectivity index is 2.52. The maximum atomic E-state index is 10.6. The van der Waals surface area contributed by atoms with Gasteiger partial charge in [0, 0.05) is 12.0 Å². The lowest BCUT2D eigenvalue weighted by atomic mass is 9.91. The summed E-state index contributed by atoms with van der Waals surface area (Å²) in [7, 11) is 0. The molecule has 3 N–H and O–H groups in total. The van der Waals surface area contributed by atoms with Crippen molar-refractivity contribution in [1.29, 1.82) is 5.41 Å². The summed E-state index contributed by atoms with van der Waals surface area (Å²) >= 11 is 0. The van der Waals surface area contributed by atoms with E-state index in [4.69, 9.17) is 20.6 Å². The Morgan fingerprint density at radius 1 is 1.18 bits per heavy atom. The van der Waals surface area contributed by atoms with Gasteiger partial charge in [-0.2, -0.15) is 0 Å². The van der Waals surface area contributed by atoms with Crippen molar-refractivity contribution in [2.75, 3.05) is 13.2 Å². The molecule has 0 aromatic heterocycles. The zero-order valence-electron chi connectivity index (χ0n) is 13.8. The molecule has 0 amide bonds. The van der Waals surface area contributed by atoms with Crippen LogP contribution in [0.5, 0.6) is 5.75 Å². The van der Waals surface area contributed by atoms with Crippen LogP contribution >= 0.6 is 0 Å². The van der Waals surface area contributed by atoms with E-state index in [1.54, 1.807) is 24.3 Å². The van der Waals surface area contributed by atoms with Gasteiger partial charge in [-0.25, -0.2) is 0 Å². The van der Waals surface area contributed by atoms with Crippen LogP contribution in [0.4, 0.5) is 0 Å². The van der Waals surface area contributed by atoms with Crippen molar-refractivity contribution in [2.45, 2.75) is 39.7 Å². The van der Waals surface area contributed by atoms with Gasteiger partial charge in [-0.3, -0.25) is 5.41 Å². The highest BCUT2D eigenvalue weighted by molar-refractivity contribution is 5.94. The van der Waals surface area contributed by atoms with E-state index >= 15 is 0 Å². The molecule has 0 radical (unpaired) electrons. The predicted molar refractivity (Wildman–Crippen MR) is 87.4 cm³/mol. The number of hydrogen-bond donors (Lipinski definition) is 2. The largest absolute Gasteiger partial charge is 0.485 e. The van der Waals surface area contributed by atoms with E-state index in [1.165, 1.54) is 0 Å². The summed E-state index contributed by atoms with van der Waals surface area (Å²) in [5.74, 6) is 0.734. The topological polar surface area (TPSA) is 85.4 Å². The molecule has 0 aliphatic carbocycles. The second kappa shape index (κ2) is 7.40. The maximum Gasteiger partial charge on any atom is 0.127 e. The highest BCUT2D eigenvalue weighted by Gasteiger charge is 2.23. The molecule has 0 atom stereocenters. The highest BCUT2D eigenvalue weighted by Crippen LogP contribution is 2.22. The van der Waals surface area contributed by atoms with Gasteiger partial charge in [-0.1, -0.05) is 13.8 Å². The summed E-state index contributed by atoms with van der Waals surface area (Å²) in [5.41, 5.74) is 5.43. The van der Waals surface area contributed by atoms with Gasteiger partial charge < -0.3 is 20.0 Å². The van der Waals surface area contributed by atoms with Gasteiger partial charge in [-0.05, 0) is 43.5 Å².